The number of hydrogen-bond donors (Lipinski definition) is 2. The van der Waals surface area contributed by atoms with Gasteiger partial charge in [0.2, 0.25) is 10.0 Å². The Bertz CT molecular complexity index is 1530. The lowest BCUT2D eigenvalue weighted by molar-refractivity contribution is -0.276. The molecule has 2 N–H and O–H groups in total. The zero-order valence-electron chi connectivity index (χ0n) is 26.3. The molecule has 2 saturated heterocycles. The Hall–Kier alpha value is -2.59. The normalized spacial score (nSPS) is 30.3. The Morgan fingerprint density at radius 1 is 0.886 bits per heavy atom. The molecule has 6 atom stereocenters. The number of benzene rings is 3. The number of nitrogens with one attached hydrogen (secondary N) is 1. The van der Waals surface area contributed by atoms with Crippen LogP contribution in [0.15, 0.2) is 83.8 Å². The SMILES string of the molecule is C[C@H]1[C@@H](CN2CC3(C)CC2CC(C)(C)C3)O[C@@H](c2ccc(CNS(=O)(=O)c3ccccc3)cc2)O[C@H]1c1ccc(CO)cc1. The second-order valence-corrected chi connectivity index (χ2v) is 16.1. The summed E-state index contributed by atoms with van der Waals surface area (Å²) in [7, 11) is -3.59. The molecule has 0 amide bonds. The number of rotatable bonds is 9. The summed E-state index contributed by atoms with van der Waals surface area (Å²) in [6.45, 7) is 11.7. The van der Waals surface area contributed by atoms with Crippen LogP contribution in [-0.4, -0.2) is 43.7 Å². The van der Waals surface area contributed by atoms with Crippen LogP contribution in [0.25, 0.3) is 0 Å². The van der Waals surface area contributed by atoms with Gasteiger partial charge in [-0.15, -0.1) is 0 Å². The van der Waals surface area contributed by atoms with E-state index in [0.717, 1.165) is 35.3 Å². The first-order chi connectivity index (χ1) is 20.9. The predicted molar refractivity (Wildman–Crippen MR) is 171 cm³/mol. The third-order valence-electron chi connectivity index (χ3n) is 9.83. The van der Waals surface area contributed by atoms with Crippen molar-refractivity contribution in [1.29, 1.82) is 0 Å². The number of hydrogen-bond acceptors (Lipinski definition) is 6. The van der Waals surface area contributed by atoms with Crippen molar-refractivity contribution in [1.82, 2.24) is 9.62 Å². The van der Waals surface area contributed by atoms with Crippen molar-refractivity contribution < 1.29 is 23.0 Å². The van der Waals surface area contributed by atoms with Crippen molar-refractivity contribution in [2.45, 2.75) is 89.5 Å². The van der Waals surface area contributed by atoms with Gasteiger partial charge in [-0.2, -0.15) is 0 Å². The van der Waals surface area contributed by atoms with Crippen LogP contribution in [0.2, 0.25) is 0 Å². The molecule has 236 valence electrons. The molecule has 3 aliphatic rings. The average molecular weight is 619 g/mol. The van der Waals surface area contributed by atoms with E-state index in [1.165, 1.54) is 19.3 Å². The molecule has 6 rings (SSSR count). The third kappa shape index (κ3) is 6.81. The standard InChI is InChI=1S/C36H46N2O5S/c1-25-32(21-38-24-36(4)19-30(38)18-35(2,3)23-36)42-34(43-33(25)28-14-12-27(22-39)13-15-28)29-16-10-26(11-17-29)20-37-44(40,41)31-8-6-5-7-9-31/h5-17,25,30,32-34,37,39H,18-24H2,1-4H3/t25-,30?,32+,33+,34+,36?/m0/s1. The van der Waals surface area contributed by atoms with Gasteiger partial charge in [0.1, 0.15) is 0 Å². The number of aliphatic hydroxyl groups excluding tert-OH is 1. The number of nitrogens with zero attached hydrogens (tertiary/aromatic N) is 1. The Kier molecular flexibility index (Phi) is 8.78. The molecule has 1 aliphatic carbocycles. The summed E-state index contributed by atoms with van der Waals surface area (Å²) in [5.41, 5.74) is 4.41. The van der Waals surface area contributed by atoms with Crippen LogP contribution >= 0.6 is 0 Å². The van der Waals surface area contributed by atoms with Gasteiger partial charge in [-0.3, -0.25) is 4.90 Å². The fraction of sp³-hybridized carbons (Fsp3) is 0.500. The van der Waals surface area contributed by atoms with Gasteiger partial charge in [0.15, 0.2) is 6.29 Å². The zero-order chi connectivity index (χ0) is 31.1. The van der Waals surface area contributed by atoms with Gasteiger partial charge in [0, 0.05) is 37.2 Å². The molecule has 7 nitrogen and oxygen atoms in total. The molecule has 8 heteroatoms. The minimum atomic E-state index is -3.59. The van der Waals surface area contributed by atoms with Crippen molar-refractivity contribution >= 4 is 10.0 Å². The van der Waals surface area contributed by atoms with E-state index in [1.807, 2.05) is 36.4 Å². The summed E-state index contributed by atoms with van der Waals surface area (Å²) in [6, 6.07) is 24.8. The van der Waals surface area contributed by atoms with Gasteiger partial charge < -0.3 is 14.6 Å². The van der Waals surface area contributed by atoms with Crippen LogP contribution in [0.5, 0.6) is 0 Å². The highest BCUT2D eigenvalue weighted by atomic mass is 32.2. The van der Waals surface area contributed by atoms with Gasteiger partial charge in [0.25, 0.3) is 0 Å². The van der Waals surface area contributed by atoms with E-state index in [4.69, 9.17) is 9.47 Å². The highest BCUT2D eigenvalue weighted by molar-refractivity contribution is 7.89. The first-order valence-corrected chi connectivity index (χ1v) is 17.3. The van der Waals surface area contributed by atoms with Crippen LogP contribution in [-0.2, 0) is 32.6 Å². The fourth-order valence-corrected chi connectivity index (χ4v) is 9.04. The number of likely N-dealkylation sites (tertiary alicyclic amines) is 1. The molecule has 2 heterocycles. The van der Waals surface area contributed by atoms with Crippen LogP contribution in [0.1, 0.15) is 81.6 Å². The molecule has 3 fully saturated rings. The molecule has 3 aromatic rings. The molecule has 0 radical (unpaired) electrons. The molecule has 44 heavy (non-hydrogen) atoms. The second-order valence-electron chi connectivity index (χ2n) is 14.3. The van der Waals surface area contributed by atoms with Crippen LogP contribution in [0, 0.1) is 16.7 Å². The van der Waals surface area contributed by atoms with Crippen molar-refractivity contribution in [3.8, 4) is 0 Å². The van der Waals surface area contributed by atoms with E-state index in [2.05, 4.69) is 49.4 Å². The molecule has 0 aromatic heterocycles. The highest BCUT2D eigenvalue weighted by Gasteiger charge is 2.51. The van der Waals surface area contributed by atoms with Gasteiger partial charge in [0.05, 0.1) is 23.7 Å². The Labute approximate surface area is 262 Å². The number of sulfonamides is 1. The molecule has 0 spiro atoms. The van der Waals surface area contributed by atoms with E-state index >= 15 is 0 Å². The van der Waals surface area contributed by atoms with Crippen molar-refractivity contribution in [2.24, 2.45) is 16.7 Å². The minimum Gasteiger partial charge on any atom is -0.392 e. The monoisotopic (exact) mass is 618 g/mol. The van der Waals surface area contributed by atoms with E-state index < -0.39 is 16.3 Å². The first-order valence-electron chi connectivity index (χ1n) is 15.8. The van der Waals surface area contributed by atoms with Crippen molar-refractivity contribution in [3.63, 3.8) is 0 Å². The van der Waals surface area contributed by atoms with E-state index in [-0.39, 0.29) is 36.2 Å². The van der Waals surface area contributed by atoms with Crippen LogP contribution in [0.3, 0.4) is 0 Å². The Balaban J connectivity index is 1.20. The molecule has 2 unspecified atom stereocenters. The quantitative estimate of drug-likeness (QED) is 0.291. The average Bonchev–Trinajstić information content (AvgIpc) is 3.25. The molecule has 2 bridgehead atoms. The summed E-state index contributed by atoms with van der Waals surface area (Å²) < 4.78 is 41.5. The van der Waals surface area contributed by atoms with Crippen molar-refractivity contribution in [2.75, 3.05) is 13.1 Å². The minimum absolute atomic E-state index is 0.00897. The third-order valence-corrected chi connectivity index (χ3v) is 11.2. The Morgan fingerprint density at radius 3 is 2.23 bits per heavy atom. The van der Waals surface area contributed by atoms with Crippen LogP contribution < -0.4 is 4.72 Å². The van der Waals surface area contributed by atoms with E-state index in [0.29, 0.717) is 16.9 Å². The maximum Gasteiger partial charge on any atom is 0.240 e. The van der Waals surface area contributed by atoms with Crippen molar-refractivity contribution in [3.05, 3.63) is 101 Å². The number of fused-ring (bicyclic) bond motifs is 2. The smallest absolute Gasteiger partial charge is 0.240 e. The number of ether oxygens (including phenoxy) is 2. The molecule has 2 aliphatic heterocycles. The summed E-state index contributed by atoms with van der Waals surface area (Å²) in [5, 5.41) is 9.58. The van der Waals surface area contributed by atoms with E-state index in [9.17, 15) is 13.5 Å². The van der Waals surface area contributed by atoms with Gasteiger partial charge in [-0.1, -0.05) is 94.4 Å². The maximum atomic E-state index is 12.7. The summed E-state index contributed by atoms with van der Waals surface area (Å²) in [4.78, 5) is 2.92. The molecular formula is C36H46N2O5S. The summed E-state index contributed by atoms with van der Waals surface area (Å²) in [5.74, 6) is 0.124. The Morgan fingerprint density at radius 2 is 1.55 bits per heavy atom. The summed E-state index contributed by atoms with van der Waals surface area (Å²) in [6.07, 6.45) is 2.97. The molecular weight excluding hydrogens is 572 g/mol. The fourth-order valence-electron chi connectivity index (χ4n) is 8.00. The largest absolute Gasteiger partial charge is 0.392 e. The lowest BCUT2D eigenvalue weighted by Gasteiger charge is -2.43. The lowest BCUT2D eigenvalue weighted by Crippen LogP contribution is -2.46. The topological polar surface area (TPSA) is 88.1 Å². The van der Waals surface area contributed by atoms with E-state index in [1.54, 1.807) is 30.3 Å². The maximum absolute atomic E-state index is 12.7. The highest BCUT2D eigenvalue weighted by Crippen LogP contribution is 2.53. The zero-order valence-corrected chi connectivity index (χ0v) is 27.1. The van der Waals surface area contributed by atoms with Crippen LogP contribution in [0.4, 0.5) is 0 Å². The number of aliphatic hydroxyl groups is 1. The predicted octanol–water partition coefficient (Wildman–Crippen LogP) is 6.35. The first kappa shape index (κ1) is 31.4. The molecule has 1 saturated carbocycles. The van der Waals surface area contributed by atoms with Gasteiger partial charge in [-0.25, -0.2) is 13.1 Å². The summed E-state index contributed by atoms with van der Waals surface area (Å²) >= 11 is 0. The van der Waals surface area contributed by atoms with Gasteiger partial charge in [-0.05, 0) is 58.9 Å². The molecule has 3 aromatic carbocycles. The van der Waals surface area contributed by atoms with Gasteiger partial charge >= 0.3 is 0 Å². The lowest BCUT2D eigenvalue weighted by atomic mass is 9.65. The second kappa shape index (κ2) is 12.3.